The summed E-state index contributed by atoms with van der Waals surface area (Å²) >= 11 is 1.90. The van der Waals surface area contributed by atoms with Gasteiger partial charge in [-0.3, -0.25) is 4.79 Å². The summed E-state index contributed by atoms with van der Waals surface area (Å²) in [6.45, 7) is 11.1. The molecular formula is C32H62N4O12S. The summed E-state index contributed by atoms with van der Waals surface area (Å²) in [4.78, 5) is 23.5. The van der Waals surface area contributed by atoms with E-state index in [1.807, 2.05) is 11.8 Å². The third kappa shape index (κ3) is 25.3. The lowest BCUT2D eigenvalue weighted by Gasteiger charge is -2.16. The average Bonchev–Trinajstić information content (AvgIpc) is 3.66. The van der Waals surface area contributed by atoms with Crippen LogP contribution in [-0.4, -0.2) is 180 Å². The monoisotopic (exact) mass is 726 g/mol. The van der Waals surface area contributed by atoms with Crippen LogP contribution in [0, 0.1) is 0 Å². The maximum Gasteiger partial charge on any atom is 0.315 e. The molecule has 2 aliphatic heterocycles. The van der Waals surface area contributed by atoms with E-state index in [4.69, 9.17) is 53.1 Å². The van der Waals surface area contributed by atoms with Crippen LogP contribution in [-0.2, 0) is 52.2 Å². The number of unbranched alkanes of at least 4 members (excludes halogenated alkanes) is 1. The van der Waals surface area contributed by atoms with Gasteiger partial charge >= 0.3 is 6.03 Å². The van der Waals surface area contributed by atoms with E-state index in [0.29, 0.717) is 157 Å². The zero-order valence-electron chi connectivity index (χ0n) is 29.2. The number of carbonyl (C=O) groups excluding carboxylic acids is 2. The Morgan fingerprint density at radius 2 is 1.02 bits per heavy atom. The van der Waals surface area contributed by atoms with Gasteiger partial charge in [0.15, 0.2) is 0 Å². The predicted octanol–water partition coefficient (Wildman–Crippen LogP) is -0.0469. The van der Waals surface area contributed by atoms with Gasteiger partial charge in [-0.25, -0.2) is 4.79 Å². The minimum absolute atomic E-state index is 0.0442. The molecule has 0 saturated carbocycles. The summed E-state index contributed by atoms with van der Waals surface area (Å²) in [5.74, 6) is 1.00. The molecule has 2 heterocycles. The number of rotatable bonds is 37. The fraction of sp³-hybridized carbons (Fsp3) is 0.938. The Morgan fingerprint density at radius 1 is 0.612 bits per heavy atom. The highest BCUT2D eigenvalue weighted by atomic mass is 32.2. The summed E-state index contributed by atoms with van der Waals surface area (Å²) in [6.07, 6.45) is 3.34. The molecule has 288 valence electrons. The zero-order valence-corrected chi connectivity index (χ0v) is 30.0. The van der Waals surface area contributed by atoms with Crippen molar-refractivity contribution in [2.45, 2.75) is 43.0 Å². The number of hydrogen-bond donors (Lipinski definition) is 4. The first-order chi connectivity index (χ1) is 24.2. The van der Waals surface area contributed by atoms with E-state index < -0.39 is 0 Å². The molecule has 0 bridgehead atoms. The molecule has 3 atom stereocenters. The van der Waals surface area contributed by atoms with Crippen LogP contribution in [0.4, 0.5) is 4.79 Å². The van der Waals surface area contributed by atoms with Crippen LogP contribution in [0.2, 0.25) is 0 Å². The third-order valence-corrected chi connectivity index (χ3v) is 8.77. The van der Waals surface area contributed by atoms with Gasteiger partial charge in [0.2, 0.25) is 5.91 Å². The average molecular weight is 727 g/mol. The van der Waals surface area contributed by atoms with E-state index in [9.17, 15) is 9.59 Å². The normalized spacial score (nSPS) is 18.5. The van der Waals surface area contributed by atoms with Crippen molar-refractivity contribution in [2.75, 3.05) is 151 Å². The van der Waals surface area contributed by atoms with E-state index >= 15 is 0 Å². The van der Waals surface area contributed by atoms with Gasteiger partial charge in [0, 0.05) is 30.5 Å². The van der Waals surface area contributed by atoms with E-state index in [2.05, 4.69) is 16.0 Å². The molecular weight excluding hydrogens is 664 g/mol. The predicted molar refractivity (Wildman–Crippen MR) is 184 cm³/mol. The minimum atomic E-state index is -0.0600. The fourth-order valence-electron chi connectivity index (χ4n) is 4.79. The molecule has 49 heavy (non-hydrogen) atoms. The van der Waals surface area contributed by atoms with Crippen LogP contribution >= 0.6 is 11.8 Å². The van der Waals surface area contributed by atoms with Gasteiger partial charge in [0.25, 0.3) is 0 Å². The van der Waals surface area contributed by atoms with Crippen LogP contribution in [0.15, 0.2) is 0 Å². The largest absolute Gasteiger partial charge is 0.378 e. The number of fused-ring (bicyclic) bond motifs is 1. The van der Waals surface area contributed by atoms with Gasteiger partial charge in [0.1, 0.15) is 0 Å². The minimum Gasteiger partial charge on any atom is -0.378 e. The second-order valence-electron chi connectivity index (χ2n) is 11.1. The number of hydrogen-bond acceptors (Lipinski definition) is 14. The van der Waals surface area contributed by atoms with Crippen LogP contribution < -0.4 is 21.7 Å². The van der Waals surface area contributed by atoms with Gasteiger partial charge in [0.05, 0.1) is 144 Å². The number of carbonyl (C=O) groups is 2. The lowest BCUT2D eigenvalue weighted by molar-refractivity contribution is -0.121. The van der Waals surface area contributed by atoms with E-state index in [1.54, 1.807) is 0 Å². The maximum atomic E-state index is 12.0. The molecule has 0 aromatic heterocycles. The van der Waals surface area contributed by atoms with Gasteiger partial charge < -0.3 is 69.1 Å². The smallest absolute Gasteiger partial charge is 0.315 e. The van der Waals surface area contributed by atoms with Crippen LogP contribution in [0.1, 0.15) is 25.7 Å². The Labute approximate surface area is 296 Å². The molecule has 3 amide bonds. The van der Waals surface area contributed by atoms with Crippen molar-refractivity contribution in [1.29, 1.82) is 0 Å². The first kappa shape index (κ1) is 43.8. The van der Waals surface area contributed by atoms with Crippen molar-refractivity contribution < 1.29 is 57.0 Å². The van der Waals surface area contributed by atoms with Crippen molar-refractivity contribution in [3.05, 3.63) is 0 Å². The molecule has 0 aromatic carbocycles. The highest BCUT2D eigenvalue weighted by Crippen LogP contribution is 2.33. The standard InChI is InChI=1S/C32H62N4O12S/c33-5-7-39-9-11-41-13-15-43-17-19-45-21-23-47-25-26-48-24-22-46-20-18-44-16-14-42-12-10-40-8-6-34-30(37)4-2-1-3-29-31-28(27-49-29)35-32(38)36-31/h28-29,31H,1-27,33H2,(H,34,37)(H2,35,36,38)/t28-,29-,31-/m0/s1. The molecule has 0 radical (unpaired) electrons. The van der Waals surface area contributed by atoms with Gasteiger partial charge in [-0.2, -0.15) is 11.8 Å². The van der Waals surface area contributed by atoms with Gasteiger partial charge in [-0.1, -0.05) is 6.42 Å². The Morgan fingerprint density at radius 3 is 1.45 bits per heavy atom. The van der Waals surface area contributed by atoms with Crippen molar-refractivity contribution in [2.24, 2.45) is 5.73 Å². The number of ether oxygens (including phenoxy) is 10. The van der Waals surface area contributed by atoms with Crippen molar-refractivity contribution in [3.8, 4) is 0 Å². The lowest BCUT2D eigenvalue weighted by Crippen LogP contribution is -2.36. The topological polar surface area (TPSA) is 189 Å². The maximum absolute atomic E-state index is 12.0. The summed E-state index contributed by atoms with van der Waals surface area (Å²) in [6, 6.07) is 0.410. The molecule has 2 saturated heterocycles. The Hall–Kier alpha value is -1.35. The number of amides is 3. The first-order valence-corrected chi connectivity index (χ1v) is 18.7. The molecule has 2 aliphatic rings. The highest BCUT2D eigenvalue weighted by molar-refractivity contribution is 8.00. The van der Waals surface area contributed by atoms with Crippen LogP contribution in [0.5, 0.6) is 0 Å². The van der Waals surface area contributed by atoms with E-state index in [1.165, 1.54) is 0 Å². The molecule has 17 heteroatoms. The number of urea groups is 1. The molecule has 16 nitrogen and oxygen atoms in total. The quantitative estimate of drug-likeness (QED) is 0.0493. The van der Waals surface area contributed by atoms with Crippen LogP contribution in [0.25, 0.3) is 0 Å². The fourth-order valence-corrected chi connectivity index (χ4v) is 6.33. The summed E-state index contributed by atoms with van der Waals surface area (Å²) < 4.78 is 54.4. The zero-order chi connectivity index (χ0) is 34.9. The molecule has 2 fully saturated rings. The SMILES string of the molecule is NCCOCCOCCOCCOCCOCCOCCOCCOCCOCCOCCNC(=O)CCCC[C@@H]1SC[C@@H]2NC(=O)N[C@@H]21. The molecule has 5 N–H and O–H groups in total. The van der Waals surface area contributed by atoms with Crippen LogP contribution in [0.3, 0.4) is 0 Å². The molecule has 0 spiro atoms. The number of nitrogens with two attached hydrogens (primary N) is 1. The number of thioether (sulfide) groups is 1. The van der Waals surface area contributed by atoms with Gasteiger partial charge in [-0.05, 0) is 12.8 Å². The summed E-state index contributed by atoms with van der Waals surface area (Å²) in [5.41, 5.74) is 5.33. The lowest BCUT2D eigenvalue weighted by atomic mass is 10.0. The van der Waals surface area contributed by atoms with Crippen molar-refractivity contribution >= 4 is 23.7 Å². The van der Waals surface area contributed by atoms with E-state index in [0.717, 1.165) is 25.0 Å². The molecule has 0 aliphatic carbocycles. The summed E-state index contributed by atoms with van der Waals surface area (Å²) in [5, 5.41) is 9.28. The first-order valence-electron chi connectivity index (χ1n) is 17.6. The van der Waals surface area contributed by atoms with Crippen molar-refractivity contribution in [3.63, 3.8) is 0 Å². The third-order valence-electron chi connectivity index (χ3n) is 7.26. The van der Waals surface area contributed by atoms with E-state index in [-0.39, 0.29) is 24.0 Å². The second-order valence-corrected chi connectivity index (χ2v) is 12.4. The molecule has 2 rings (SSSR count). The Kier molecular flexibility index (Phi) is 29.1. The molecule has 0 unspecified atom stereocenters. The Balaban J connectivity index is 1.16. The summed E-state index contributed by atoms with van der Waals surface area (Å²) in [7, 11) is 0. The number of nitrogens with one attached hydrogen (secondary N) is 3. The second kappa shape index (κ2) is 32.6. The van der Waals surface area contributed by atoms with Gasteiger partial charge in [-0.15, -0.1) is 0 Å². The highest BCUT2D eigenvalue weighted by Gasteiger charge is 2.42. The van der Waals surface area contributed by atoms with Crippen molar-refractivity contribution in [1.82, 2.24) is 16.0 Å². The molecule has 0 aromatic rings. The Bertz CT molecular complexity index is 794.